The van der Waals surface area contributed by atoms with Gasteiger partial charge >= 0.3 is 0 Å². The van der Waals surface area contributed by atoms with Gasteiger partial charge in [-0.2, -0.15) is 13.7 Å². The van der Waals surface area contributed by atoms with Crippen LogP contribution in [0.5, 0.6) is 0 Å². The lowest BCUT2D eigenvalue weighted by Crippen LogP contribution is -2.05. The summed E-state index contributed by atoms with van der Waals surface area (Å²) in [5.41, 5.74) is 8.19. The molecule has 0 heterocycles. The van der Waals surface area contributed by atoms with Gasteiger partial charge in [0.1, 0.15) is 6.07 Å². The van der Waals surface area contributed by atoms with Crippen LogP contribution in [0.1, 0.15) is 23.1 Å². The Balaban J connectivity index is 2.80. The van der Waals surface area contributed by atoms with Gasteiger partial charge in [0.25, 0.3) is 10.1 Å². The van der Waals surface area contributed by atoms with Crippen molar-refractivity contribution in [1.82, 2.24) is 0 Å². The monoisotopic (exact) mass is 254 g/mol. The summed E-state index contributed by atoms with van der Waals surface area (Å²) in [4.78, 5) is 0. The van der Waals surface area contributed by atoms with Crippen LogP contribution in [-0.2, 0) is 16.5 Å². The van der Waals surface area contributed by atoms with Gasteiger partial charge in [0.2, 0.25) is 0 Å². The van der Waals surface area contributed by atoms with E-state index in [-0.39, 0.29) is 5.75 Å². The van der Waals surface area contributed by atoms with Crippen LogP contribution in [0, 0.1) is 18.3 Å². The van der Waals surface area contributed by atoms with Crippen LogP contribution in [0.2, 0.25) is 0 Å². The van der Waals surface area contributed by atoms with Crippen molar-refractivity contribution in [3.63, 3.8) is 0 Å². The zero-order valence-electron chi connectivity index (χ0n) is 9.47. The second-order valence-electron chi connectivity index (χ2n) is 3.88. The molecular weight excluding hydrogens is 240 g/mol. The lowest BCUT2D eigenvalue weighted by molar-refractivity contribution is 0.481. The largest absolute Gasteiger partial charge is 0.397 e. The lowest BCUT2D eigenvalue weighted by Gasteiger charge is -2.07. The summed E-state index contributed by atoms with van der Waals surface area (Å²) in [6.45, 7) is 1.79. The van der Waals surface area contributed by atoms with Gasteiger partial charge in [-0.15, -0.1) is 0 Å². The van der Waals surface area contributed by atoms with Crippen molar-refractivity contribution in [2.75, 3.05) is 11.5 Å². The zero-order valence-corrected chi connectivity index (χ0v) is 10.3. The maximum Gasteiger partial charge on any atom is 0.264 e. The predicted molar refractivity (Wildman–Crippen MR) is 65.0 cm³/mol. The molecule has 0 saturated carbocycles. The molecule has 1 aromatic carbocycles. The van der Waals surface area contributed by atoms with Crippen molar-refractivity contribution in [1.29, 1.82) is 5.26 Å². The van der Waals surface area contributed by atoms with E-state index in [0.29, 0.717) is 24.1 Å². The molecule has 0 bridgehead atoms. The fourth-order valence-corrected chi connectivity index (χ4v) is 2.08. The van der Waals surface area contributed by atoms with Crippen LogP contribution in [0.25, 0.3) is 0 Å². The van der Waals surface area contributed by atoms with Gasteiger partial charge in [0, 0.05) is 0 Å². The number of hydrogen-bond acceptors (Lipinski definition) is 4. The highest BCUT2D eigenvalue weighted by Crippen LogP contribution is 2.19. The third-order valence-corrected chi connectivity index (χ3v) is 3.24. The molecule has 0 aliphatic rings. The molecule has 1 rings (SSSR count). The molecule has 1 aromatic rings. The molecule has 5 nitrogen and oxygen atoms in total. The number of rotatable bonds is 4. The number of nitrogens with two attached hydrogens (primary N) is 1. The number of benzene rings is 1. The quantitative estimate of drug-likeness (QED) is 0.622. The highest BCUT2D eigenvalue weighted by atomic mass is 32.2. The van der Waals surface area contributed by atoms with Crippen LogP contribution < -0.4 is 5.73 Å². The second kappa shape index (κ2) is 5.17. The smallest absolute Gasteiger partial charge is 0.264 e. The number of aryl methyl sites for hydroxylation is 2. The molecule has 6 heteroatoms. The first-order chi connectivity index (χ1) is 7.83. The molecule has 0 atom stereocenters. The molecule has 0 radical (unpaired) electrons. The molecule has 0 aromatic heterocycles. The molecular formula is C11H14N2O3S. The predicted octanol–water partition coefficient (Wildman–Crippen LogP) is 1.27. The number of anilines is 1. The lowest BCUT2D eigenvalue weighted by atomic mass is 10.0. The van der Waals surface area contributed by atoms with E-state index in [9.17, 15) is 8.42 Å². The van der Waals surface area contributed by atoms with Gasteiger partial charge in [-0.3, -0.25) is 4.55 Å². The van der Waals surface area contributed by atoms with Crippen LogP contribution in [0.15, 0.2) is 12.1 Å². The number of nitriles is 1. The Morgan fingerprint density at radius 3 is 2.65 bits per heavy atom. The van der Waals surface area contributed by atoms with E-state index in [0.717, 1.165) is 11.1 Å². The summed E-state index contributed by atoms with van der Waals surface area (Å²) in [5, 5.41) is 8.86. The maximum absolute atomic E-state index is 10.5. The third-order valence-electron chi connectivity index (χ3n) is 2.43. The Kier molecular flexibility index (Phi) is 4.10. The first kappa shape index (κ1) is 13.5. The standard InChI is InChI=1S/C11H14N2O3S/c1-8-5-9(3-2-4-17(14,15)16)6-10(7-12)11(8)13/h5-6H,2-4,13H2,1H3,(H,14,15,16). The Morgan fingerprint density at radius 2 is 2.12 bits per heavy atom. The van der Waals surface area contributed by atoms with Gasteiger partial charge in [0.05, 0.1) is 17.0 Å². The van der Waals surface area contributed by atoms with E-state index >= 15 is 0 Å². The average molecular weight is 254 g/mol. The number of hydrogen-bond donors (Lipinski definition) is 2. The summed E-state index contributed by atoms with van der Waals surface area (Å²) in [6, 6.07) is 5.46. The Labute approximate surface area is 101 Å². The molecule has 0 spiro atoms. The maximum atomic E-state index is 10.5. The summed E-state index contributed by atoms with van der Waals surface area (Å²) >= 11 is 0. The number of nitrogens with zero attached hydrogens (tertiary/aromatic N) is 1. The SMILES string of the molecule is Cc1cc(CCCS(=O)(=O)O)cc(C#N)c1N. The van der Waals surface area contributed by atoms with E-state index in [2.05, 4.69) is 0 Å². The van der Waals surface area contributed by atoms with Crippen molar-refractivity contribution < 1.29 is 13.0 Å². The molecule has 3 N–H and O–H groups in total. The van der Waals surface area contributed by atoms with Crippen molar-refractivity contribution >= 4 is 15.8 Å². The molecule has 0 aliphatic heterocycles. The Morgan fingerprint density at radius 1 is 1.47 bits per heavy atom. The molecule has 92 valence electrons. The van der Waals surface area contributed by atoms with Crippen molar-refractivity contribution in [2.45, 2.75) is 19.8 Å². The van der Waals surface area contributed by atoms with Crippen LogP contribution in [0.3, 0.4) is 0 Å². The highest BCUT2D eigenvalue weighted by molar-refractivity contribution is 7.85. The molecule has 0 fully saturated rings. The summed E-state index contributed by atoms with van der Waals surface area (Å²) in [5.74, 6) is -0.279. The molecule has 0 aliphatic carbocycles. The minimum Gasteiger partial charge on any atom is -0.397 e. The summed E-state index contributed by atoms with van der Waals surface area (Å²) in [7, 11) is -3.92. The first-order valence-electron chi connectivity index (χ1n) is 5.08. The van der Waals surface area contributed by atoms with Crippen molar-refractivity contribution in [3.05, 3.63) is 28.8 Å². The zero-order chi connectivity index (χ0) is 13.1. The summed E-state index contributed by atoms with van der Waals surface area (Å²) < 4.78 is 29.7. The van der Waals surface area contributed by atoms with Gasteiger partial charge in [-0.1, -0.05) is 6.07 Å². The van der Waals surface area contributed by atoms with E-state index < -0.39 is 10.1 Å². The fourth-order valence-electron chi connectivity index (χ4n) is 1.57. The Hall–Kier alpha value is -1.58. The number of nitrogen functional groups attached to an aromatic ring is 1. The topological polar surface area (TPSA) is 104 Å². The van der Waals surface area contributed by atoms with Crippen molar-refractivity contribution in [3.8, 4) is 6.07 Å². The summed E-state index contributed by atoms with van der Waals surface area (Å²) in [6.07, 6.45) is 0.794. The molecule has 17 heavy (non-hydrogen) atoms. The van der Waals surface area contributed by atoms with E-state index in [1.807, 2.05) is 12.1 Å². The highest BCUT2D eigenvalue weighted by Gasteiger charge is 2.07. The third kappa shape index (κ3) is 4.06. The minimum absolute atomic E-state index is 0.279. The first-order valence-corrected chi connectivity index (χ1v) is 6.68. The minimum atomic E-state index is -3.92. The van der Waals surface area contributed by atoms with E-state index in [4.69, 9.17) is 15.5 Å². The fraction of sp³-hybridized carbons (Fsp3) is 0.364. The van der Waals surface area contributed by atoms with Gasteiger partial charge in [-0.25, -0.2) is 0 Å². The normalized spacial score (nSPS) is 11.1. The van der Waals surface area contributed by atoms with Gasteiger partial charge < -0.3 is 5.73 Å². The molecule has 0 saturated heterocycles. The molecule has 0 amide bonds. The van der Waals surface area contributed by atoms with Gasteiger partial charge in [0.15, 0.2) is 0 Å². The van der Waals surface area contributed by atoms with E-state index in [1.54, 1.807) is 13.0 Å². The van der Waals surface area contributed by atoms with Crippen LogP contribution >= 0.6 is 0 Å². The van der Waals surface area contributed by atoms with E-state index in [1.165, 1.54) is 0 Å². The van der Waals surface area contributed by atoms with Crippen LogP contribution in [-0.4, -0.2) is 18.7 Å². The average Bonchev–Trinajstić information content (AvgIpc) is 2.21. The van der Waals surface area contributed by atoms with Gasteiger partial charge in [-0.05, 0) is 37.0 Å². The second-order valence-corrected chi connectivity index (χ2v) is 5.45. The molecule has 0 unspecified atom stereocenters. The van der Waals surface area contributed by atoms with Crippen LogP contribution in [0.4, 0.5) is 5.69 Å². The Bertz CT molecular complexity index is 559. The van der Waals surface area contributed by atoms with Crippen molar-refractivity contribution in [2.24, 2.45) is 0 Å².